The maximum absolute atomic E-state index is 12.3. The first-order valence-corrected chi connectivity index (χ1v) is 7.76. The van der Waals surface area contributed by atoms with Gasteiger partial charge >= 0.3 is 5.76 Å². The van der Waals surface area contributed by atoms with Crippen LogP contribution in [0.25, 0.3) is 11.1 Å². The minimum absolute atomic E-state index is 0.0826. The zero-order valence-corrected chi connectivity index (χ0v) is 11.4. The number of nitrogens with one attached hydrogen (secondary N) is 2. The smallest absolute Gasteiger partial charge is 0.408 e. The number of H-pyrrole nitrogens is 1. The van der Waals surface area contributed by atoms with Crippen LogP contribution in [0.1, 0.15) is 12.8 Å². The van der Waals surface area contributed by atoms with Crippen LogP contribution >= 0.6 is 0 Å². The number of oxazole rings is 1. The van der Waals surface area contributed by atoms with Gasteiger partial charge in [0.25, 0.3) is 0 Å². The Hall–Kier alpha value is -1.64. The molecule has 8 heteroatoms. The maximum Gasteiger partial charge on any atom is 0.417 e. The maximum atomic E-state index is 12.3. The lowest BCUT2D eigenvalue weighted by Gasteiger charge is -2.22. The third-order valence-electron chi connectivity index (χ3n) is 3.25. The van der Waals surface area contributed by atoms with Crippen molar-refractivity contribution >= 4 is 21.1 Å². The Balaban J connectivity index is 1.89. The van der Waals surface area contributed by atoms with Gasteiger partial charge in [0.2, 0.25) is 10.0 Å². The summed E-state index contributed by atoms with van der Waals surface area (Å²) in [5.41, 5.74) is 0.699. The lowest BCUT2D eigenvalue weighted by atomic mass is 10.1. The van der Waals surface area contributed by atoms with E-state index >= 15 is 0 Å². The summed E-state index contributed by atoms with van der Waals surface area (Å²) in [6.07, 6.45) is 1.31. The predicted molar refractivity (Wildman–Crippen MR) is 71.0 cm³/mol. The topological polar surface area (TPSA) is 101 Å². The fourth-order valence-corrected chi connectivity index (χ4v) is 3.52. The van der Waals surface area contributed by atoms with Crippen LogP contribution < -0.4 is 10.5 Å². The molecule has 0 aliphatic carbocycles. The van der Waals surface area contributed by atoms with Crippen LogP contribution in [-0.4, -0.2) is 32.7 Å². The lowest BCUT2D eigenvalue weighted by molar-refractivity contribution is 0.0832. The van der Waals surface area contributed by atoms with E-state index in [0.717, 1.165) is 0 Å². The zero-order valence-electron chi connectivity index (χ0n) is 10.6. The molecule has 2 heterocycles. The Bertz CT molecular complexity index is 770. The molecule has 1 aliphatic heterocycles. The molecule has 0 amide bonds. The molecule has 3 rings (SSSR count). The van der Waals surface area contributed by atoms with Gasteiger partial charge in [-0.2, -0.15) is 0 Å². The molecule has 20 heavy (non-hydrogen) atoms. The van der Waals surface area contributed by atoms with Crippen molar-refractivity contribution in [3.8, 4) is 0 Å². The average molecular weight is 298 g/mol. The van der Waals surface area contributed by atoms with Gasteiger partial charge in [-0.1, -0.05) is 0 Å². The fourth-order valence-electron chi connectivity index (χ4n) is 2.20. The molecule has 0 unspecified atom stereocenters. The minimum Gasteiger partial charge on any atom is -0.408 e. The van der Waals surface area contributed by atoms with Crippen LogP contribution in [0.2, 0.25) is 0 Å². The van der Waals surface area contributed by atoms with Crippen molar-refractivity contribution in [3.63, 3.8) is 0 Å². The minimum atomic E-state index is -3.62. The van der Waals surface area contributed by atoms with E-state index in [-0.39, 0.29) is 16.5 Å². The monoisotopic (exact) mass is 298 g/mol. The molecule has 2 aromatic rings. The molecule has 0 atom stereocenters. The van der Waals surface area contributed by atoms with E-state index in [2.05, 4.69) is 9.71 Å². The number of aromatic amines is 1. The summed E-state index contributed by atoms with van der Waals surface area (Å²) in [5, 5.41) is 0. The van der Waals surface area contributed by atoms with E-state index in [1.807, 2.05) is 0 Å². The van der Waals surface area contributed by atoms with E-state index in [1.165, 1.54) is 18.2 Å². The summed E-state index contributed by atoms with van der Waals surface area (Å²) in [4.78, 5) is 13.6. The Morgan fingerprint density at radius 2 is 2.00 bits per heavy atom. The molecule has 1 aromatic carbocycles. The molecule has 1 aromatic heterocycles. The Morgan fingerprint density at radius 3 is 2.75 bits per heavy atom. The summed E-state index contributed by atoms with van der Waals surface area (Å²) < 4.78 is 37.2. The van der Waals surface area contributed by atoms with Crippen molar-refractivity contribution in [2.45, 2.75) is 23.8 Å². The molecule has 1 saturated heterocycles. The van der Waals surface area contributed by atoms with Gasteiger partial charge < -0.3 is 9.15 Å². The highest BCUT2D eigenvalue weighted by molar-refractivity contribution is 7.89. The molecule has 7 nitrogen and oxygen atoms in total. The van der Waals surface area contributed by atoms with Crippen molar-refractivity contribution in [2.75, 3.05) is 13.2 Å². The molecule has 0 saturated carbocycles. The van der Waals surface area contributed by atoms with E-state index < -0.39 is 15.8 Å². The van der Waals surface area contributed by atoms with E-state index in [9.17, 15) is 13.2 Å². The molecule has 108 valence electrons. The Morgan fingerprint density at radius 1 is 1.25 bits per heavy atom. The Kier molecular flexibility index (Phi) is 3.36. The first-order chi connectivity index (χ1) is 9.54. The molecule has 2 N–H and O–H groups in total. The second-order valence-corrected chi connectivity index (χ2v) is 6.39. The number of aromatic nitrogens is 1. The molecule has 0 bridgehead atoms. The number of benzene rings is 1. The van der Waals surface area contributed by atoms with Crippen LogP contribution in [0.15, 0.2) is 32.3 Å². The average Bonchev–Trinajstić information content (AvgIpc) is 2.78. The summed E-state index contributed by atoms with van der Waals surface area (Å²) in [5.74, 6) is -0.605. The third kappa shape index (κ3) is 2.62. The highest BCUT2D eigenvalue weighted by Crippen LogP contribution is 2.18. The zero-order chi connectivity index (χ0) is 14.2. The number of hydrogen-bond donors (Lipinski definition) is 2. The number of fused-ring (bicyclic) bond motifs is 1. The van der Waals surface area contributed by atoms with Crippen molar-refractivity contribution < 1.29 is 17.6 Å². The van der Waals surface area contributed by atoms with Gasteiger partial charge in [-0.3, -0.25) is 4.98 Å². The van der Waals surface area contributed by atoms with Crippen LogP contribution in [0.5, 0.6) is 0 Å². The van der Waals surface area contributed by atoms with Gasteiger partial charge in [-0.15, -0.1) is 0 Å². The van der Waals surface area contributed by atoms with E-state index in [0.29, 0.717) is 31.6 Å². The van der Waals surface area contributed by atoms with Gasteiger partial charge in [0, 0.05) is 25.3 Å². The molecule has 1 fully saturated rings. The summed E-state index contributed by atoms with van der Waals surface area (Å²) in [7, 11) is -3.62. The first-order valence-electron chi connectivity index (χ1n) is 6.27. The predicted octanol–water partition coefficient (Wildman–Crippen LogP) is 0.578. The van der Waals surface area contributed by atoms with Crippen LogP contribution in [0, 0.1) is 0 Å². The van der Waals surface area contributed by atoms with Crippen molar-refractivity contribution in [3.05, 3.63) is 28.7 Å². The molecular formula is C12H14N2O5S. The van der Waals surface area contributed by atoms with Gasteiger partial charge in [-0.05, 0) is 25.0 Å². The van der Waals surface area contributed by atoms with Gasteiger partial charge in [0.1, 0.15) is 0 Å². The second-order valence-electron chi connectivity index (χ2n) is 4.68. The summed E-state index contributed by atoms with van der Waals surface area (Å²) in [6, 6.07) is 4.17. The Labute approximate surface area is 115 Å². The number of hydrogen-bond acceptors (Lipinski definition) is 5. The highest BCUT2D eigenvalue weighted by Gasteiger charge is 2.22. The third-order valence-corrected chi connectivity index (χ3v) is 4.76. The van der Waals surface area contributed by atoms with E-state index in [4.69, 9.17) is 9.15 Å². The normalized spacial score (nSPS) is 17.6. The van der Waals surface area contributed by atoms with Crippen LogP contribution in [-0.2, 0) is 14.8 Å². The highest BCUT2D eigenvalue weighted by atomic mass is 32.2. The molecular weight excluding hydrogens is 284 g/mol. The summed E-state index contributed by atoms with van der Waals surface area (Å²) in [6.45, 7) is 1.11. The largest absolute Gasteiger partial charge is 0.417 e. The van der Waals surface area contributed by atoms with Crippen LogP contribution in [0.3, 0.4) is 0 Å². The quantitative estimate of drug-likeness (QED) is 0.863. The number of ether oxygens (including phenoxy) is 1. The van der Waals surface area contributed by atoms with Gasteiger partial charge in [0.15, 0.2) is 5.58 Å². The second kappa shape index (κ2) is 5.04. The lowest BCUT2D eigenvalue weighted by Crippen LogP contribution is -2.38. The molecule has 1 aliphatic rings. The van der Waals surface area contributed by atoms with E-state index in [1.54, 1.807) is 0 Å². The number of sulfonamides is 1. The number of rotatable bonds is 3. The van der Waals surface area contributed by atoms with Crippen molar-refractivity contribution in [2.24, 2.45) is 0 Å². The SMILES string of the molecule is O=c1[nH]c2ccc(S(=O)(=O)NC3CCOCC3)cc2o1. The van der Waals surface area contributed by atoms with Crippen molar-refractivity contribution in [1.82, 2.24) is 9.71 Å². The summed E-state index contributed by atoms with van der Waals surface area (Å²) >= 11 is 0. The standard InChI is InChI=1S/C12H14N2O5S/c15-12-13-10-2-1-9(7-11(10)19-12)20(16,17)14-8-3-5-18-6-4-8/h1-2,7-8,14H,3-6H2,(H,13,15). The van der Waals surface area contributed by atoms with Crippen molar-refractivity contribution in [1.29, 1.82) is 0 Å². The molecule has 0 radical (unpaired) electrons. The van der Waals surface area contributed by atoms with Gasteiger partial charge in [-0.25, -0.2) is 17.9 Å². The first kappa shape index (κ1) is 13.3. The molecule has 0 spiro atoms. The van der Waals surface area contributed by atoms with Crippen LogP contribution in [0.4, 0.5) is 0 Å². The van der Waals surface area contributed by atoms with Gasteiger partial charge in [0.05, 0.1) is 10.4 Å². The fraction of sp³-hybridized carbons (Fsp3) is 0.417.